The normalized spacial score (nSPS) is 17.7. The van der Waals surface area contributed by atoms with E-state index in [1.807, 2.05) is 10.8 Å². The van der Waals surface area contributed by atoms with Crippen LogP contribution in [0.5, 0.6) is 0 Å². The highest BCUT2D eigenvalue weighted by atomic mass is 79.9. The summed E-state index contributed by atoms with van der Waals surface area (Å²) in [7, 11) is -1.15. The second-order valence-electron chi connectivity index (χ2n) is 8.75. The Bertz CT molecular complexity index is 920. The topological polar surface area (TPSA) is 72.2 Å². The summed E-state index contributed by atoms with van der Waals surface area (Å²) in [5.41, 5.74) is 1.79. The Kier molecular flexibility index (Phi) is 8.15. The molecule has 30 heavy (non-hydrogen) atoms. The number of aromatic nitrogens is 2. The van der Waals surface area contributed by atoms with Gasteiger partial charge in [-0.2, -0.15) is 0 Å². The summed E-state index contributed by atoms with van der Waals surface area (Å²) in [4.78, 5) is 4.53. The van der Waals surface area contributed by atoms with E-state index >= 15 is 0 Å². The van der Waals surface area contributed by atoms with Gasteiger partial charge in [0.2, 0.25) is 0 Å². The van der Waals surface area contributed by atoms with Gasteiger partial charge in [-0.05, 0) is 47.3 Å². The van der Waals surface area contributed by atoms with Gasteiger partial charge in [0.25, 0.3) is 0 Å². The van der Waals surface area contributed by atoms with Crippen molar-refractivity contribution in [3.05, 3.63) is 39.7 Å². The number of halogens is 2. The summed E-state index contributed by atoms with van der Waals surface area (Å²) >= 11 is 10.0. The lowest BCUT2D eigenvalue weighted by molar-refractivity contribution is 0.00339. The maximum atomic E-state index is 8.59. The second kappa shape index (κ2) is 10.4. The molecule has 0 amide bonds. The van der Waals surface area contributed by atoms with Crippen LogP contribution in [0, 0.1) is 5.41 Å². The molecular weight excluding hydrogens is 484 g/mol. The summed E-state index contributed by atoms with van der Waals surface area (Å²) in [6, 6.07) is 1.10. The summed E-state index contributed by atoms with van der Waals surface area (Å²) in [5.74, 6) is 0. The first kappa shape index (κ1) is 23.5. The Hall–Kier alpha value is -1.19. The molecule has 3 rings (SSSR count). The SMILES string of the molecule is C[Si](C)(C)CCOCn1cc(C(=N)/C=C\NC2CCCCO2)c2c(Cl)c(Br)cnc21. The molecule has 0 radical (unpaired) electrons. The third-order valence-electron chi connectivity index (χ3n) is 5.01. The highest BCUT2D eigenvalue weighted by Gasteiger charge is 2.18. The van der Waals surface area contributed by atoms with Crippen molar-refractivity contribution in [2.24, 2.45) is 0 Å². The zero-order valence-electron chi connectivity index (χ0n) is 17.8. The van der Waals surface area contributed by atoms with E-state index in [0.717, 1.165) is 49.5 Å². The molecule has 164 valence electrons. The molecule has 0 bridgehead atoms. The second-order valence-corrected chi connectivity index (χ2v) is 15.6. The van der Waals surface area contributed by atoms with Gasteiger partial charge >= 0.3 is 0 Å². The lowest BCUT2D eigenvalue weighted by atomic mass is 10.1. The minimum absolute atomic E-state index is 0.0170. The number of ether oxygens (including phenoxy) is 2. The van der Waals surface area contributed by atoms with Gasteiger partial charge in [-0.1, -0.05) is 31.2 Å². The van der Waals surface area contributed by atoms with Crippen molar-refractivity contribution < 1.29 is 9.47 Å². The molecule has 0 aromatic carbocycles. The molecule has 1 aliphatic heterocycles. The zero-order chi connectivity index (χ0) is 21.7. The average molecular weight is 514 g/mol. The van der Waals surface area contributed by atoms with Crippen LogP contribution in [0.2, 0.25) is 30.7 Å². The van der Waals surface area contributed by atoms with Crippen LogP contribution in [-0.4, -0.2) is 42.8 Å². The van der Waals surface area contributed by atoms with Gasteiger partial charge in [0.15, 0.2) is 0 Å². The van der Waals surface area contributed by atoms with E-state index in [-0.39, 0.29) is 6.23 Å². The fraction of sp³-hybridized carbons (Fsp3) is 0.524. The predicted octanol–water partition coefficient (Wildman–Crippen LogP) is 5.76. The smallest absolute Gasteiger partial charge is 0.144 e. The van der Waals surface area contributed by atoms with E-state index in [2.05, 4.69) is 45.9 Å². The van der Waals surface area contributed by atoms with Crippen LogP contribution in [0.15, 0.2) is 29.1 Å². The molecule has 2 aromatic rings. The lowest BCUT2D eigenvalue weighted by Crippen LogP contribution is -2.31. The zero-order valence-corrected chi connectivity index (χ0v) is 21.1. The molecule has 1 unspecified atom stereocenters. The fourth-order valence-corrected chi connectivity index (χ4v) is 4.53. The van der Waals surface area contributed by atoms with Gasteiger partial charge in [0.1, 0.15) is 18.6 Å². The summed E-state index contributed by atoms with van der Waals surface area (Å²) < 4.78 is 14.2. The molecule has 1 saturated heterocycles. The van der Waals surface area contributed by atoms with Gasteiger partial charge in [0.05, 0.1) is 15.2 Å². The van der Waals surface area contributed by atoms with E-state index < -0.39 is 8.07 Å². The minimum atomic E-state index is -1.15. The molecule has 9 heteroatoms. The largest absolute Gasteiger partial charge is 0.366 e. The van der Waals surface area contributed by atoms with Crippen LogP contribution < -0.4 is 5.32 Å². The Labute approximate surface area is 192 Å². The first-order valence-corrected chi connectivity index (χ1v) is 15.2. The molecule has 0 aliphatic carbocycles. The number of hydrogen-bond acceptors (Lipinski definition) is 5. The van der Waals surface area contributed by atoms with Crippen LogP contribution in [-0.2, 0) is 16.2 Å². The monoisotopic (exact) mass is 512 g/mol. The molecule has 1 aliphatic rings. The van der Waals surface area contributed by atoms with E-state index in [0.29, 0.717) is 27.6 Å². The number of allylic oxidation sites excluding steroid dienone is 1. The van der Waals surface area contributed by atoms with Crippen molar-refractivity contribution in [2.75, 3.05) is 13.2 Å². The first-order valence-electron chi connectivity index (χ1n) is 10.3. The minimum Gasteiger partial charge on any atom is -0.366 e. The van der Waals surface area contributed by atoms with Crippen molar-refractivity contribution in [1.29, 1.82) is 5.41 Å². The highest BCUT2D eigenvalue weighted by Crippen LogP contribution is 2.33. The van der Waals surface area contributed by atoms with Gasteiger partial charge in [-0.25, -0.2) is 4.98 Å². The molecule has 2 aromatic heterocycles. The molecule has 2 N–H and O–H groups in total. The van der Waals surface area contributed by atoms with E-state index in [9.17, 15) is 0 Å². The standard InChI is InChI=1S/C21H30BrClN4O2Si/c1-30(2,3)11-10-28-14-27-13-15(19-20(23)16(22)12-26-21(19)27)17(24)7-8-25-18-6-4-5-9-29-18/h7-8,12-13,18,24-25H,4-6,9-11,14H2,1-3H3/b8-7-,24-17?. The number of nitrogens with zero attached hydrogens (tertiary/aromatic N) is 2. The van der Waals surface area contributed by atoms with E-state index in [4.69, 9.17) is 26.5 Å². The molecular formula is C21H30BrClN4O2Si. The van der Waals surface area contributed by atoms with E-state index in [1.54, 1.807) is 18.5 Å². The molecule has 0 spiro atoms. The Morgan fingerprint density at radius 3 is 2.97 bits per heavy atom. The van der Waals surface area contributed by atoms with Gasteiger partial charge < -0.3 is 24.8 Å². The van der Waals surface area contributed by atoms with Crippen LogP contribution in [0.3, 0.4) is 0 Å². The third kappa shape index (κ3) is 6.17. The third-order valence-corrected chi connectivity index (χ3v) is 7.93. The van der Waals surface area contributed by atoms with Crippen LogP contribution in [0.1, 0.15) is 24.8 Å². The van der Waals surface area contributed by atoms with Crippen LogP contribution in [0.4, 0.5) is 0 Å². The Morgan fingerprint density at radius 2 is 2.27 bits per heavy atom. The Balaban J connectivity index is 1.77. The van der Waals surface area contributed by atoms with Crippen molar-refractivity contribution >= 4 is 52.3 Å². The summed E-state index contributed by atoms with van der Waals surface area (Å²) in [6.45, 7) is 8.88. The molecule has 1 fully saturated rings. The first-order chi connectivity index (χ1) is 14.3. The quantitative estimate of drug-likeness (QED) is 0.254. The highest BCUT2D eigenvalue weighted by molar-refractivity contribution is 9.10. The maximum Gasteiger partial charge on any atom is 0.144 e. The summed E-state index contributed by atoms with van der Waals surface area (Å²) in [6.07, 6.45) is 10.4. The molecule has 3 heterocycles. The van der Waals surface area contributed by atoms with Crippen molar-refractivity contribution in [2.45, 2.75) is 57.9 Å². The Morgan fingerprint density at radius 1 is 1.47 bits per heavy atom. The van der Waals surface area contributed by atoms with Crippen molar-refractivity contribution in [3.8, 4) is 0 Å². The number of fused-ring (bicyclic) bond motifs is 1. The average Bonchev–Trinajstić information content (AvgIpc) is 3.07. The van der Waals surface area contributed by atoms with Crippen LogP contribution >= 0.6 is 27.5 Å². The molecule has 6 nitrogen and oxygen atoms in total. The van der Waals surface area contributed by atoms with E-state index in [1.165, 1.54) is 0 Å². The molecule has 1 atom stereocenters. The van der Waals surface area contributed by atoms with Crippen molar-refractivity contribution in [1.82, 2.24) is 14.9 Å². The number of rotatable bonds is 9. The number of pyridine rings is 1. The maximum absolute atomic E-state index is 8.59. The predicted molar refractivity (Wildman–Crippen MR) is 129 cm³/mol. The number of nitrogens with one attached hydrogen (secondary N) is 2. The van der Waals surface area contributed by atoms with Crippen LogP contribution in [0.25, 0.3) is 11.0 Å². The van der Waals surface area contributed by atoms with Gasteiger partial charge in [0, 0.05) is 50.8 Å². The lowest BCUT2D eigenvalue weighted by Gasteiger charge is -2.22. The van der Waals surface area contributed by atoms with Gasteiger partial charge in [-0.15, -0.1) is 0 Å². The van der Waals surface area contributed by atoms with Gasteiger partial charge in [-0.3, -0.25) is 0 Å². The number of hydrogen-bond donors (Lipinski definition) is 2. The fourth-order valence-electron chi connectivity index (χ4n) is 3.24. The molecule has 0 saturated carbocycles. The summed E-state index contributed by atoms with van der Waals surface area (Å²) in [5, 5.41) is 13.1. The van der Waals surface area contributed by atoms with Crippen molar-refractivity contribution in [3.63, 3.8) is 0 Å².